The van der Waals surface area contributed by atoms with Crippen LogP contribution >= 0.6 is 36.3 Å². The molecule has 1 amide bonds. The molecule has 0 saturated heterocycles. The van der Waals surface area contributed by atoms with E-state index in [0.29, 0.717) is 19.0 Å². The monoisotopic (exact) mass is 590 g/mol. The molecule has 0 aliphatic carbocycles. The Balaban J connectivity index is 0.000000384. The average Bonchev–Trinajstić information content (AvgIpc) is 2.87. The first-order valence-corrected chi connectivity index (χ1v) is 18.5. The number of benzene rings is 2. The van der Waals surface area contributed by atoms with Crippen LogP contribution in [0, 0.1) is 0 Å². The molecule has 0 fully saturated rings. The van der Waals surface area contributed by atoms with Gasteiger partial charge in [0.1, 0.15) is 5.75 Å². The van der Waals surface area contributed by atoms with Crippen LogP contribution in [0.4, 0.5) is 5.69 Å². The van der Waals surface area contributed by atoms with E-state index in [0.717, 1.165) is 29.2 Å². The van der Waals surface area contributed by atoms with Crippen molar-refractivity contribution < 1.29 is 27.5 Å². The Hall–Kier alpha value is -1.25. The molecule has 0 bridgehead atoms. The lowest BCUT2D eigenvalue weighted by molar-refractivity contribution is -0.115. The summed E-state index contributed by atoms with van der Waals surface area (Å²) in [6, 6.07) is 18.5. The maximum absolute atomic E-state index is 12.5. The second kappa shape index (κ2) is 18.1. The standard InChI is InChI=1S/C14H23N2O3PS.C11H17O3PS/c1-5-19-20(18,15-12(2)3)21-11-14(17)16(4)13-9-7-6-8-10-13;1-3-10-16-15(12,13-4-2)14-11-8-6-5-7-9-11/h6-10,12H,5,11H2,1-4H3,(H,15,18);5-9H,3-4,10H2,1-2H3. The number of hydrogen-bond donors (Lipinski definition) is 1. The van der Waals surface area contributed by atoms with E-state index in [2.05, 4.69) is 5.09 Å². The van der Waals surface area contributed by atoms with Crippen LogP contribution < -0.4 is 14.5 Å². The molecule has 2 atom stereocenters. The van der Waals surface area contributed by atoms with Gasteiger partial charge >= 0.3 is 13.5 Å². The van der Waals surface area contributed by atoms with Crippen molar-refractivity contribution >= 4 is 47.9 Å². The number of carbonyl (C=O) groups excluding carboxylic acids is 1. The fourth-order valence-electron chi connectivity index (χ4n) is 2.69. The van der Waals surface area contributed by atoms with Gasteiger partial charge in [0.2, 0.25) is 5.91 Å². The zero-order valence-corrected chi connectivity index (χ0v) is 25.9. The minimum absolute atomic E-state index is 0.0249. The van der Waals surface area contributed by atoms with E-state index in [1.54, 1.807) is 31.0 Å². The molecule has 1 N–H and O–H groups in total. The molecule has 0 saturated carbocycles. The topological polar surface area (TPSA) is 94.2 Å². The molecule has 208 valence electrons. The van der Waals surface area contributed by atoms with Gasteiger partial charge in [-0.3, -0.25) is 13.9 Å². The van der Waals surface area contributed by atoms with Gasteiger partial charge in [0.05, 0.1) is 19.0 Å². The largest absolute Gasteiger partial charge is 0.440 e. The van der Waals surface area contributed by atoms with Crippen LogP contribution in [0.15, 0.2) is 60.7 Å². The second-order valence-corrected chi connectivity index (χ2v) is 16.3. The smallest absolute Gasteiger partial charge is 0.417 e. The molecule has 2 aromatic rings. The maximum Gasteiger partial charge on any atom is 0.440 e. The van der Waals surface area contributed by atoms with Gasteiger partial charge < -0.3 is 13.9 Å². The molecule has 2 rings (SSSR count). The van der Waals surface area contributed by atoms with Crippen LogP contribution in [-0.4, -0.2) is 43.7 Å². The van der Waals surface area contributed by atoms with Gasteiger partial charge in [-0.2, -0.15) is 0 Å². The number of amides is 1. The second-order valence-electron chi connectivity index (χ2n) is 7.86. The Labute approximate surface area is 230 Å². The summed E-state index contributed by atoms with van der Waals surface area (Å²) in [5.74, 6) is 1.34. The fourth-order valence-corrected chi connectivity index (χ4v) is 10.1. The molecular formula is C25H40N2O6P2S2. The predicted octanol–water partition coefficient (Wildman–Crippen LogP) is 7.88. The Kier molecular flexibility index (Phi) is 16.5. The summed E-state index contributed by atoms with van der Waals surface area (Å²) in [6.07, 6.45) is 0.944. The van der Waals surface area contributed by atoms with Gasteiger partial charge in [0.25, 0.3) is 0 Å². The predicted molar refractivity (Wildman–Crippen MR) is 159 cm³/mol. The molecule has 0 heterocycles. The van der Waals surface area contributed by atoms with Crippen LogP contribution in [0.2, 0.25) is 0 Å². The number of rotatable bonds is 15. The van der Waals surface area contributed by atoms with Crippen LogP contribution in [-0.2, 0) is 23.0 Å². The molecule has 8 nitrogen and oxygen atoms in total. The van der Waals surface area contributed by atoms with Crippen molar-refractivity contribution in [1.82, 2.24) is 5.09 Å². The number of nitrogens with one attached hydrogen (secondary N) is 1. The summed E-state index contributed by atoms with van der Waals surface area (Å²) >= 11 is 2.29. The van der Waals surface area contributed by atoms with Gasteiger partial charge in [-0.25, -0.2) is 9.65 Å². The van der Waals surface area contributed by atoms with Gasteiger partial charge in [0, 0.05) is 24.5 Å². The Morgan fingerprint density at radius 3 is 2.00 bits per heavy atom. The number of para-hydroxylation sites is 2. The minimum atomic E-state index is -3.04. The number of anilines is 1. The fraction of sp³-hybridized carbons (Fsp3) is 0.480. The van der Waals surface area contributed by atoms with E-state index >= 15 is 0 Å². The molecule has 0 aromatic heterocycles. The Bertz CT molecular complexity index is 999. The van der Waals surface area contributed by atoms with E-state index in [1.165, 1.54) is 11.4 Å². The third kappa shape index (κ3) is 13.9. The zero-order valence-electron chi connectivity index (χ0n) is 22.5. The molecule has 2 aromatic carbocycles. The molecule has 0 aliphatic heterocycles. The summed E-state index contributed by atoms with van der Waals surface area (Å²) in [6.45, 7) is 4.06. The highest BCUT2D eigenvalue weighted by Gasteiger charge is 2.27. The van der Waals surface area contributed by atoms with Crippen molar-refractivity contribution in [3.8, 4) is 5.75 Å². The summed E-state index contributed by atoms with van der Waals surface area (Å²) in [5.41, 5.74) is 0.811. The van der Waals surface area contributed by atoms with E-state index < -0.39 is 13.5 Å². The summed E-state index contributed by atoms with van der Waals surface area (Å²) in [4.78, 5) is 13.7. The lowest BCUT2D eigenvalue weighted by Crippen LogP contribution is -2.28. The van der Waals surface area contributed by atoms with Crippen molar-refractivity contribution in [2.45, 2.75) is 47.1 Å². The number of carbonyl (C=O) groups is 1. The summed E-state index contributed by atoms with van der Waals surface area (Å²) in [7, 11) is 1.71. The summed E-state index contributed by atoms with van der Waals surface area (Å²) < 4.78 is 40.8. The van der Waals surface area contributed by atoms with Crippen LogP contribution in [0.3, 0.4) is 0 Å². The number of hydrogen-bond acceptors (Lipinski definition) is 8. The molecule has 0 aliphatic rings. The van der Waals surface area contributed by atoms with Crippen molar-refractivity contribution in [2.24, 2.45) is 0 Å². The van der Waals surface area contributed by atoms with Gasteiger partial charge in [-0.05, 0) is 81.1 Å². The molecule has 2 unspecified atom stereocenters. The lowest BCUT2D eigenvalue weighted by atomic mass is 10.3. The molecule has 37 heavy (non-hydrogen) atoms. The molecule has 0 radical (unpaired) electrons. The van der Waals surface area contributed by atoms with Crippen molar-refractivity contribution in [3.63, 3.8) is 0 Å². The third-order valence-electron chi connectivity index (χ3n) is 4.29. The quantitative estimate of drug-likeness (QED) is 0.208. The van der Waals surface area contributed by atoms with E-state index in [4.69, 9.17) is 13.6 Å². The maximum atomic E-state index is 12.5. The molecule has 12 heteroatoms. The van der Waals surface area contributed by atoms with Crippen molar-refractivity contribution in [1.29, 1.82) is 0 Å². The highest BCUT2D eigenvalue weighted by atomic mass is 32.7. The molecular weight excluding hydrogens is 550 g/mol. The average molecular weight is 591 g/mol. The zero-order chi connectivity index (χ0) is 27.7. The van der Waals surface area contributed by atoms with Gasteiger partial charge in [-0.15, -0.1) is 0 Å². The van der Waals surface area contributed by atoms with Gasteiger partial charge in [0.15, 0.2) is 0 Å². The van der Waals surface area contributed by atoms with Gasteiger partial charge in [-0.1, -0.05) is 43.3 Å². The Morgan fingerprint density at radius 2 is 1.49 bits per heavy atom. The van der Waals surface area contributed by atoms with Crippen LogP contribution in [0.1, 0.15) is 41.0 Å². The Morgan fingerprint density at radius 1 is 0.919 bits per heavy atom. The summed E-state index contributed by atoms with van der Waals surface area (Å²) in [5, 5.41) is 2.92. The first-order chi connectivity index (χ1) is 17.6. The molecule has 0 spiro atoms. The highest BCUT2D eigenvalue weighted by Crippen LogP contribution is 2.60. The van der Waals surface area contributed by atoms with E-state index in [-0.39, 0.29) is 17.7 Å². The SMILES string of the molecule is CCCSP(=O)(OCC)Oc1ccccc1.CCOP(=O)(NC(C)C)SCC(=O)N(C)c1ccccc1. The minimum Gasteiger partial charge on any atom is -0.417 e. The highest BCUT2D eigenvalue weighted by molar-refractivity contribution is 8.56. The first kappa shape index (κ1) is 33.8. The van der Waals surface area contributed by atoms with Crippen LogP contribution in [0.5, 0.6) is 5.75 Å². The normalized spacial score (nSPS) is 14.1. The van der Waals surface area contributed by atoms with Crippen molar-refractivity contribution in [3.05, 3.63) is 60.7 Å². The lowest BCUT2D eigenvalue weighted by Gasteiger charge is -2.22. The van der Waals surface area contributed by atoms with Crippen LogP contribution in [0.25, 0.3) is 0 Å². The van der Waals surface area contributed by atoms with E-state index in [1.807, 2.05) is 76.2 Å². The number of nitrogens with zero attached hydrogens (tertiary/aromatic N) is 1. The third-order valence-corrected chi connectivity index (χ3v) is 12.4. The van der Waals surface area contributed by atoms with E-state index in [9.17, 15) is 13.9 Å². The van der Waals surface area contributed by atoms with Crippen molar-refractivity contribution in [2.75, 3.05) is 36.7 Å². The first-order valence-electron chi connectivity index (χ1n) is 12.2.